The fraction of sp³-hybridized carbons (Fsp3) is 0.600. The third kappa shape index (κ3) is 2.89. The SMILES string of the molecule is CC(C)C1CNC(C)(C)CN1c1c(F)cccc1F. The van der Waals surface area contributed by atoms with Crippen molar-refractivity contribution in [2.45, 2.75) is 39.3 Å². The summed E-state index contributed by atoms with van der Waals surface area (Å²) in [5.41, 5.74) is -0.0455. The fourth-order valence-corrected chi connectivity index (χ4v) is 2.69. The van der Waals surface area contributed by atoms with Gasteiger partial charge in [-0.25, -0.2) is 8.78 Å². The Morgan fingerprint density at radius 3 is 2.37 bits per heavy atom. The lowest BCUT2D eigenvalue weighted by molar-refractivity contribution is 0.273. The van der Waals surface area contributed by atoms with Gasteiger partial charge in [-0.3, -0.25) is 0 Å². The Morgan fingerprint density at radius 1 is 1.26 bits per heavy atom. The summed E-state index contributed by atoms with van der Waals surface area (Å²) in [6.45, 7) is 9.59. The fourth-order valence-electron chi connectivity index (χ4n) is 2.69. The molecular weight excluding hydrogens is 246 g/mol. The highest BCUT2D eigenvalue weighted by atomic mass is 19.1. The van der Waals surface area contributed by atoms with Crippen molar-refractivity contribution in [2.75, 3.05) is 18.0 Å². The van der Waals surface area contributed by atoms with E-state index in [1.54, 1.807) is 0 Å². The highest BCUT2D eigenvalue weighted by Gasteiger charge is 2.36. The second kappa shape index (κ2) is 5.08. The largest absolute Gasteiger partial charge is 0.360 e. The molecule has 1 N–H and O–H groups in total. The van der Waals surface area contributed by atoms with Gasteiger partial charge in [-0.2, -0.15) is 0 Å². The van der Waals surface area contributed by atoms with E-state index in [2.05, 4.69) is 33.0 Å². The second-order valence-corrected chi connectivity index (χ2v) is 6.27. The van der Waals surface area contributed by atoms with Gasteiger partial charge in [0.1, 0.15) is 17.3 Å². The average Bonchev–Trinajstić information content (AvgIpc) is 2.27. The number of nitrogens with zero attached hydrogens (tertiary/aromatic N) is 1. The van der Waals surface area contributed by atoms with Gasteiger partial charge in [0, 0.05) is 24.7 Å². The van der Waals surface area contributed by atoms with Gasteiger partial charge >= 0.3 is 0 Å². The van der Waals surface area contributed by atoms with Crippen LogP contribution in [0.3, 0.4) is 0 Å². The van der Waals surface area contributed by atoms with Gasteiger partial charge in [-0.1, -0.05) is 19.9 Å². The maximum Gasteiger partial charge on any atom is 0.149 e. The van der Waals surface area contributed by atoms with E-state index in [9.17, 15) is 8.78 Å². The molecule has 0 radical (unpaired) electrons. The van der Waals surface area contributed by atoms with E-state index >= 15 is 0 Å². The van der Waals surface area contributed by atoms with Gasteiger partial charge in [0.2, 0.25) is 0 Å². The molecule has 1 saturated heterocycles. The zero-order valence-electron chi connectivity index (χ0n) is 12.0. The lowest BCUT2D eigenvalue weighted by Crippen LogP contribution is -2.63. The van der Waals surface area contributed by atoms with E-state index in [-0.39, 0.29) is 17.3 Å². The number of nitrogens with one attached hydrogen (secondary N) is 1. The minimum absolute atomic E-state index is 0.0967. The lowest BCUT2D eigenvalue weighted by Gasteiger charge is -2.47. The standard InChI is InChI=1S/C15H22F2N2/c1-10(2)13-8-18-15(3,4)9-19(13)14-11(16)6-5-7-12(14)17/h5-7,10,13,18H,8-9H2,1-4H3. The number of para-hydroxylation sites is 1. The average molecular weight is 268 g/mol. The molecular formula is C15H22F2N2. The van der Waals surface area contributed by atoms with Gasteiger partial charge in [-0.15, -0.1) is 0 Å². The molecule has 4 heteroatoms. The smallest absolute Gasteiger partial charge is 0.149 e. The number of piperazine rings is 1. The van der Waals surface area contributed by atoms with Gasteiger partial charge < -0.3 is 10.2 Å². The Hall–Kier alpha value is -1.16. The summed E-state index contributed by atoms with van der Waals surface area (Å²) < 4.78 is 28.0. The Morgan fingerprint density at radius 2 is 1.84 bits per heavy atom. The van der Waals surface area contributed by atoms with E-state index in [0.717, 1.165) is 6.54 Å². The molecule has 106 valence electrons. The van der Waals surface area contributed by atoms with Crippen LogP contribution in [0.4, 0.5) is 14.5 Å². The Balaban J connectivity index is 2.42. The number of hydrogen-bond donors (Lipinski definition) is 1. The molecule has 2 nitrogen and oxygen atoms in total. The number of benzene rings is 1. The molecule has 0 aromatic heterocycles. The number of hydrogen-bond acceptors (Lipinski definition) is 2. The predicted octanol–water partition coefficient (Wildman–Crippen LogP) is 3.18. The molecule has 1 atom stereocenters. The molecule has 1 aromatic rings. The third-order valence-corrected chi connectivity index (χ3v) is 3.75. The van der Waals surface area contributed by atoms with Crippen molar-refractivity contribution in [1.29, 1.82) is 0 Å². The van der Waals surface area contributed by atoms with Crippen LogP contribution in [0.25, 0.3) is 0 Å². The molecule has 1 aromatic carbocycles. The third-order valence-electron chi connectivity index (χ3n) is 3.75. The van der Waals surface area contributed by atoms with Crippen molar-refractivity contribution >= 4 is 5.69 Å². The molecule has 1 heterocycles. The van der Waals surface area contributed by atoms with Crippen molar-refractivity contribution in [3.05, 3.63) is 29.8 Å². The Bertz CT molecular complexity index is 437. The molecule has 0 aliphatic carbocycles. The molecule has 0 bridgehead atoms. The van der Waals surface area contributed by atoms with E-state index in [4.69, 9.17) is 0 Å². The van der Waals surface area contributed by atoms with Crippen molar-refractivity contribution in [2.24, 2.45) is 5.92 Å². The highest BCUT2D eigenvalue weighted by Crippen LogP contribution is 2.31. The summed E-state index contributed by atoms with van der Waals surface area (Å²) in [5.74, 6) is -0.644. The first kappa shape index (κ1) is 14.3. The molecule has 0 spiro atoms. The molecule has 1 aliphatic rings. The molecule has 1 unspecified atom stereocenters. The summed E-state index contributed by atoms with van der Waals surface area (Å²) in [7, 11) is 0. The van der Waals surface area contributed by atoms with Crippen LogP contribution in [-0.4, -0.2) is 24.7 Å². The summed E-state index contributed by atoms with van der Waals surface area (Å²) in [6.07, 6.45) is 0. The molecule has 1 aliphatic heterocycles. The molecule has 0 saturated carbocycles. The maximum atomic E-state index is 14.0. The van der Waals surface area contributed by atoms with Crippen molar-refractivity contribution < 1.29 is 8.78 Å². The van der Waals surface area contributed by atoms with E-state index < -0.39 is 11.6 Å². The lowest BCUT2D eigenvalue weighted by atomic mass is 9.92. The number of rotatable bonds is 2. The van der Waals surface area contributed by atoms with Crippen LogP contribution in [-0.2, 0) is 0 Å². The van der Waals surface area contributed by atoms with Crippen LogP contribution in [0.15, 0.2) is 18.2 Å². The van der Waals surface area contributed by atoms with E-state index in [1.165, 1.54) is 18.2 Å². The van der Waals surface area contributed by atoms with Crippen LogP contribution in [0, 0.1) is 17.6 Å². The minimum Gasteiger partial charge on any atom is -0.360 e. The van der Waals surface area contributed by atoms with E-state index in [1.807, 2.05) is 4.90 Å². The topological polar surface area (TPSA) is 15.3 Å². The first-order chi connectivity index (χ1) is 8.82. The van der Waals surface area contributed by atoms with Gasteiger partial charge in [0.05, 0.1) is 0 Å². The summed E-state index contributed by atoms with van der Waals surface area (Å²) in [4.78, 5) is 1.88. The molecule has 2 rings (SSSR count). The van der Waals surface area contributed by atoms with E-state index in [0.29, 0.717) is 12.5 Å². The van der Waals surface area contributed by atoms with Crippen LogP contribution in [0.5, 0.6) is 0 Å². The van der Waals surface area contributed by atoms with Crippen molar-refractivity contribution in [3.63, 3.8) is 0 Å². The second-order valence-electron chi connectivity index (χ2n) is 6.27. The monoisotopic (exact) mass is 268 g/mol. The van der Waals surface area contributed by atoms with Gasteiger partial charge in [-0.05, 0) is 31.9 Å². The summed E-state index contributed by atoms with van der Waals surface area (Å²) >= 11 is 0. The van der Waals surface area contributed by atoms with Crippen molar-refractivity contribution in [3.8, 4) is 0 Å². The zero-order chi connectivity index (χ0) is 14.2. The van der Waals surface area contributed by atoms with Gasteiger partial charge in [0.25, 0.3) is 0 Å². The zero-order valence-corrected chi connectivity index (χ0v) is 12.0. The predicted molar refractivity (Wildman–Crippen MR) is 74.4 cm³/mol. The highest BCUT2D eigenvalue weighted by molar-refractivity contribution is 5.51. The van der Waals surface area contributed by atoms with Gasteiger partial charge in [0.15, 0.2) is 0 Å². The molecule has 19 heavy (non-hydrogen) atoms. The maximum absolute atomic E-state index is 14.0. The van der Waals surface area contributed by atoms with Crippen molar-refractivity contribution in [1.82, 2.24) is 5.32 Å². The molecule has 0 amide bonds. The number of anilines is 1. The van der Waals surface area contributed by atoms with Crippen LogP contribution >= 0.6 is 0 Å². The first-order valence-electron chi connectivity index (χ1n) is 6.77. The summed E-state index contributed by atoms with van der Waals surface area (Å²) in [6, 6.07) is 4.15. The normalized spacial score (nSPS) is 22.9. The molecule has 1 fully saturated rings. The first-order valence-corrected chi connectivity index (χ1v) is 6.77. The van der Waals surface area contributed by atoms with Crippen LogP contribution < -0.4 is 10.2 Å². The van der Waals surface area contributed by atoms with Crippen LogP contribution in [0.2, 0.25) is 0 Å². The summed E-state index contributed by atoms with van der Waals surface area (Å²) in [5, 5.41) is 3.44. The minimum atomic E-state index is -0.483. The Labute approximate surface area is 113 Å². The Kier molecular flexibility index (Phi) is 3.81. The number of halogens is 2. The quantitative estimate of drug-likeness (QED) is 0.886. The van der Waals surface area contributed by atoms with Crippen LogP contribution in [0.1, 0.15) is 27.7 Å².